The van der Waals surface area contributed by atoms with Gasteiger partial charge >= 0.3 is 5.69 Å². The highest BCUT2D eigenvalue weighted by Crippen LogP contribution is 2.23. The molecule has 0 saturated heterocycles. The van der Waals surface area contributed by atoms with E-state index in [9.17, 15) is 19.7 Å². The van der Waals surface area contributed by atoms with Gasteiger partial charge < -0.3 is 10.6 Å². The summed E-state index contributed by atoms with van der Waals surface area (Å²) < 4.78 is 1.58. The SMILES string of the molecule is Cc1nn(Cc2ccc(C(=O)N(C)c3ccc(C(N)=O)cc3)cc2)c(C)c1[N+](=O)[O-]. The molecule has 0 fully saturated rings. The molecule has 2 N–H and O–H groups in total. The molecule has 3 rings (SSSR count). The predicted molar refractivity (Wildman–Crippen MR) is 112 cm³/mol. The number of hydrogen-bond donors (Lipinski definition) is 1. The number of nitrogens with two attached hydrogens (primary N) is 1. The monoisotopic (exact) mass is 407 g/mol. The highest BCUT2D eigenvalue weighted by Gasteiger charge is 2.22. The van der Waals surface area contributed by atoms with Crippen molar-refractivity contribution in [3.05, 3.63) is 86.7 Å². The first-order valence-electron chi connectivity index (χ1n) is 9.14. The van der Waals surface area contributed by atoms with Crippen LogP contribution in [0.25, 0.3) is 0 Å². The van der Waals surface area contributed by atoms with Crippen LogP contribution in [0.3, 0.4) is 0 Å². The van der Waals surface area contributed by atoms with Crippen LogP contribution in [0.1, 0.15) is 37.7 Å². The zero-order chi connectivity index (χ0) is 22.0. The Morgan fingerprint density at radius 2 is 1.63 bits per heavy atom. The normalized spacial score (nSPS) is 10.6. The van der Waals surface area contributed by atoms with Gasteiger partial charge in [0.1, 0.15) is 11.4 Å². The van der Waals surface area contributed by atoms with E-state index >= 15 is 0 Å². The molecular formula is C21H21N5O4. The molecule has 2 amide bonds. The minimum Gasteiger partial charge on any atom is -0.366 e. The summed E-state index contributed by atoms with van der Waals surface area (Å²) in [6.45, 7) is 3.63. The van der Waals surface area contributed by atoms with E-state index in [1.165, 1.54) is 4.90 Å². The molecule has 0 bridgehead atoms. The van der Waals surface area contributed by atoms with Crippen molar-refractivity contribution in [3.8, 4) is 0 Å². The van der Waals surface area contributed by atoms with Crippen LogP contribution in [-0.2, 0) is 6.54 Å². The largest absolute Gasteiger partial charge is 0.366 e. The van der Waals surface area contributed by atoms with Gasteiger partial charge in [0.15, 0.2) is 0 Å². The predicted octanol–water partition coefficient (Wildman–Crippen LogP) is 2.83. The fourth-order valence-corrected chi connectivity index (χ4v) is 3.19. The van der Waals surface area contributed by atoms with E-state index in [0.717, 1.165) is 5.56 Å². The van der Waals surface area contributed by atoms with E-state index in [4.69, 9.17) is 5.73 Å². The fourth-order valence-electron chi connectivity index (χ4n) is 3.19. The first-order valence-corrected chi connectivity index (χ1v) is 9.14. The van der Waals surface area contributed by atoms with Crippen molar-refractivity contribution in [2.24, 2.45) is 5.73 Å². The minimum absolute atomic E-state index is 0.0192. The van der Waals surface area contributed by atoms with Gasteiger partial charge in [-0.2, -0.15) is 5.10 Å². The molecule has 154 valence electrons. The van der Waals surface area contributed by atoms with Crippen molar-refractivity contribution in [3.63, 3.8) is 0 Å². The molecule has 0 aliphatic heterocycles. The Balaban J connectivity index is 1.75. The van der Waals surface area contributed by atoms with Gasteiger partial charge in [0, 0.05) is 23.9 Å². The molecule has 9 heteroatoms. The van der Waals surface area contributed by atoms with Crippen LogP contribution in [0, 0.1) is 24.0 Å². The molecule has 9 nitrogen and oxygen atoms in total. The van der Waals surface area contributed by atoms with E-state index in [-0.39, 0.29) is 11.6 Å². The van der Waals surface area contributed by atoms with Gasteiger partial charge in [-0.3, -0.25) is 24.4 Å². The third-order valence-electron chi connectivity index (χ3n) is 4.90. The molecule has 1 aromatic heterocycles. The van der Waals surface area contributed by atoms with Gasteiger partial charge in [0.05, 0.1) is 11.5 Å². The number of rotatable bonds is 6. The smallest absolute Gasteiger partial charge is 0.312 e. The number of hydrogen-bond acceptors (Lipinski definition) is 5. The number of carbonyl (C=O) groups excluding carboxylic acids is 2. The van der Waals surface area contributed by atoms with Crippen molar-refractivity contribution in [2.45, 2.75) is 20.4 Å². The minimum atomic E-state index is -0.529. The molecule has 0 atom stereocenters. The standard InChI is InChI=1S/C21H21N5O4/c1-13-19(26(29)30)14(2)25(23-13)12-15-4-6-17(7-5-15)21(28)24(3)18-10-8-16(9-11-18)20(22)27/h4-11H,12H2,1-3H3,(H2,22,27). The zero-order valence-corrected chi connectivity index (χ0v) is 16.8. The number of amides is 2. The molecule has 0 radical (unpaired) electrons. The maximum Gasteiger partial charge on any atom is 0.312 e. The van der Waals surface area contributed by atoms with Crippen LogP contribution in [-0.4, -0.2) is 33.6 Å². The summed E-state index contributed by atoms with van der Waals surface area (Å²) in [5.41, 5.74) is 8.45. The van der Waals surface area contributed by atoms with Gasteiger partial charge in [-0.25, -0.2) is 0 Å². The quantitative estimate of drug-likeness (QED) is 0.497. The van der Waals surface area contributed by atoms with E-state index in [1.807, 2.05) is 0 Å². The number of carbonyl (C=O) groups is 2. The Morgan fingerprint density at radius 1 is 1.07 bits per heavy atom. The maximum absolute atomic E-state index is 12.8. The summed E-state index contributed by atoms with van der Waals surface area (Å²) in [6, 6.07) is 13.4. The van der Waals surface area contributed by atoms with Gasteiger partial charge in [0.25, 0.3) is 5.91 Å². The molecule has 3 aromatic rings. The van der Waals surface area contributed by atoms with Crippen molar-refractivity contribution in [1.29, 1.82) is 0 Å². The van der Waals surface area contributed by atoms with Crippen LogP contribution in [0.15, 0.2) is 48.5 Å². The van der Waals surface area contributed by atoms with E-state index < -0.39 is 10.8 Å². The summed E-state index contributed by atoms with van der Waals surface area (Å²) >= 11 is 0. The molecule has 0 aliphatic rings. The average Bonchev–Trinajstić information content (AvgIpc) is 3.00. The highest BCUT2D eigenvalue weighted by molar-refractivity contribution is 6.06. The van der Waals surface area contributed by atoms with Crippen LogP contribution in [0.5, 0.6) is 0 Å². The summed E-state index contributed by atoms with van der Waals surface area (Å²) in [4.78, 5) is 36.1. The van der Waals surface area contributed by atoms with E-state index in [0.29, 0.717) is 34.7 Å². The van der Waals surface area contributed by atoms with Crippen molar-refractivity contribution in [2.75, 3.05) is 11.9 Å². The number of aromatic nitrogens is 2. The Hall–Kier alpha value is -4.01. The molecular weight excluding hydrogens is 386 g/mol. The molecule has 1 heterocycles. The number of nitro groups is 1. The lowest BCUT2D eigenvalue weighted by molar-refractivity contribution is -0.386. The molecule has 0 aliphatic carbocycles. The third kappa shape index (κ3) is 4.04. The number of nitrogens with zero attached hydrogens (tertiary/aromatic N) is 4. The second-order valence-electron chi connectivity index (χ2n) is 6.91. The number of primary amides is 1. The second-order valence-corrected chi connectivity index (χ2v) is 6.91. The Morgan fingerprint density at radius 3 is 2.13 bits per heavy atom. The summed E-state index contributed by atoms with van der Waals surface area (Å²) in [7, 11) is 1.64. The topological polar surface area (TPSA) is 124 Å². The Labute approximate surface area is 172 Å². The van der Waals surface area contributed by atoms with Crippen molar-refractivity contribution < 1.29 is 14.5 Å². The Bertz CT molecular complexity index is 1120. The Kier molecular flexibility index (Phi) is 5.63. The third-order valence-corrected chi connectivity index (χ3v) is 4.90. The lowest BCUT2D eigenvalue weighted by Gasteiger charge is -2.18. The van der Waals surface area contributed by atoms with Crippen LogP contribution >= 0.6 is 0 Å². The van der Waals surface area contributed by atoms with Crippen molar-refractivity contribution in [1.82, 2.24) is 9.78 Å². The number of anilines is 1. The van der Waals surface area contributed by atoms with Crippen molar-refractivity contribution >= 4 is 23.2 Å². The first kappa shape index (κ1) is 20.7. The molecule has 0 saturated carbocycles. The maximum atomic E-state index is 12.8. The second kappa shape index (κ2) is 8.16. The zero-order valence-electron chi connectivity index (χ0n) is 16.8. The molecule has 2 aromatic carbocycles. The van der Waals surface area contributed by atoms with Crippen LogP contribution in [0.4, 0.5) is 11.4 Å². The van der Waals surface area contributed by atoms with Gasteiger partial charge in [-0.15, -0.1) is 0 Å². The fraction of sp³-hybridized carbons (Fsp3) is 0.190. The lowest BCUT2D eigenvalue weighted by atomic mass is 10.1. The summed E-state index contributed by atoms with van der Waals surface area (Å²) in [6.07, 6.45) is 0. The van der Waals surface area contributed by atoms with Crippen LogP contribution < -0.4 is 10.6 Å². The number of aryl methyl sites for hydroxylation is 1. The van der Waals surface area contributed by atoms with Gasteiger partial charge in [-0.1, -0.05) is 12.1 Å². The molecule has 30 heavy (non-hydrogen) atoms. The van der Waals surface area contributed by atoms with E-state index in [1.54, 1.807) is 74.1 Å². The van der Waals surface area contributed by atoms with Gasteiger partial charge in [0.2, 0.25) is 5.91 Å². The van der Waals surface area contributed by atoms with E-state index in [2.05, 4.69) is 5.10 Å². The average molecular weight is 407 g/mol. The lowest BCUT2D eigenvalue weighted by Crippen LogP contribution is -2.26. The number of benzene rings is 2. The summed E-state index contributed by atoms with van der Waals surface area (Å²) in [5, 5.41) is 15.4. The summed E-state index contributed by atoms with van der Waals surface area (Å²) in [5.74, 6) is -0.741. The molecule has 0 unspecified atom stereocenters. The highest BCUT2D eigenvalue weighted by atomic mass is 16.6. The van der Waals surface area contributed by atoms with Crippen LogP contribution in [0.2, 0.25) is 0 Å². The van der Waals surface area contributed by atoms with Gasteiger partial charge in [-0.05, 0) is 55.8 Å². The first-order chi connectivity index (χ1) is 14.2. The molecule has 0 spiro atoms.